The summed E-state index contributed by atoms with van der Waals surface area (Å²) in [6.07, 6.45) is 1.75. The van der Waals surface area contributed by atoms with Gasteiger partial charge in [0.2, 0.25) is 5.52 Å². The van der Waals surface area contributed by atoms with Crippen LogP contribution in [0.2, 0.25) is 0 Å². The van der Waals surface area contributed by atoms with Crippen LogP contribution < -0.4 is 20.6 Å². The first-order chi connectivity index (χ1) is 12.8. The molecule has 1 aromatic carbocycles. The van der Waals surface area contributed by atoms with E-state index in [1.54, 1.807) is 29.6 Å². The predicted octanol–water partition coefficient (Wildman–Crippen LogP) is 0.887. The number of carbonyl (C=O) groups is 1. The third-order valence-electron chi connectivity index (χ3n) is 4.60. The van der Waals surface area contributed by atoms with Gasteiger partial charge < -0.3 is 10.5 Å². The molecule has 0 amide bonds. The fraction of sp³-hybridized carbons (Fsp3) is 0.368. The molecular formula is C19H24N5O3+. The predicted molar refractivity (Wildman–Crippen MR) is 102 cm³/mol. The molecule has 0 fully saturated rings. The second-order valence-corrected chi connectivity index (χ2v) is 6.85. The monoisotopic (exact) mass is 370 g/mol. The van der Waals surface area contributed by atoms with Crippen LogP contribution in [-0.4, -0.2) is 27.0 Å². The Morgan fingerprint density at radius 3 is 2.56 bits per heavy atom. The zero-order valence-electron chi connectivity index (χ0n) is 16.0. The molecule has 0 spiro atoms. The second kappa shape index (κ2) is 7.22. The van der Waals surface area contributed by atoms with Crippen LogP contribution in [0.3, 0.4) is 0 Å². The number of ketones is 1. The Kier molecular flexibility index (Phi) is 4.98. The van der Waals surface area contributed by atoms with Gasteiger partial charge in [0.25, 0.3) is 5.95 Å². The highest BCUT2D eigenvalue weighted by atomic mass is 16.5. The van der Waals surface area contributed by atoms with E-state index in [2.05, 4.69) is 4.98 Å². The van der Waals surface area contributed by atoms with E-state index in [1.807, 2.05) is 38.1 Å². The summed E-state index contributed by atoms with van der Waals surface area (Å²) in [5, 5.41) is 0. The van der Waals surface area contributed by atoms with E-state index in [1.165, 1.54) is 4.57 Å². The number of nitrogen functional groups attached to an aromatic ring is 1. The van der Waals surface area contributed by atoms with Gasteiger partial charge in [0.05, 0.1) is 13.7 Å². The van der Waals surface area contributed by atoms with Crippen LogP contribution in [0, 0.1) is 5.92 Å². The number of nitrogens with zero attached hydrogens (tertiary/aromatic N) is 4. The summed E-state index contributed by atoms with van der Waals surface area (Å²) in [4.78, 5) is 29.4. The first kappa shape index (κ1) is 18.6. The van der Waals surface area contributed by atoms with Crippen LogP contribution in [0.15, 0.2) is 35.4 Å². The van der Waals surface area contributed by atoms with Crippen molar-refractivity contribution in [3.8, 4) is 5.75 Å². The first-order valence-electron chi connectivity index (χ1n) is 8.72. The number of benzene rings is 1. The lowest BCUT2D eigenvalue weighted by Crippen LogP contribution is -2.39. The fourth-order valence-corrected chi connectivity index (χ4v) is 2.84. The maximum Gasteiger partial charge on any atom is 0.312 e. The van der Waals surface area contributed by atoms with Gasteiger partial charge >= 0.3 is 11.2 Å². The van der Waals surface area contributed by atoms with E-state index < -0.39 is 0 Å². The molecule has 0 bridgehead atoms. The van der Waals surface area contributed by atoms with Crippen molar-refractivity contribution in [2.24, 2.45) is 13.0 Å². The number of hydrogen-bond acceptors (Lipinski definition) is 5. The third kappa shape index (κ3) is 3.55. The molecule has 2 aromatic heterocycles. The van der Waals surface area contributed by atoms with Crippen LogP contribution in [-0.2, 0) is 24.9 Å². The molecule has 0 aliphatic rings. The average Bonchev–Trinajstić information content (AvgIpc) is 2.97. The highest BCUT2D eigenvalue weighted by Crippen LogP contribution is 2.14. The van der Waals surface area contributed by atoms with E-state index in [0.717, 1.165) is 11.3 Å². The minimum absolute atomic E-state index is 0.0598. The molecule has 0 unspecified atom stereocenters. The number of aromatic nitrogens is 4. The summed E-state index contributed by atoms with van der Waals surface area (Å²) in [5.41, 5.74) is 7.45. The van der Waals surface area contributed by atoms with Gasteiger partial charge in [-0.2, -0.15) is 0 Å². The van der Waals surface area contributed by atoms with Crippen molar-refractivity contribution in [3.05, 3.63) is 46.5 Å². The molecule has 2 heterocycles. The van der Waals surface area contributed by atoms with Crippen LogP contribution >= 0.6 is 0 Å². The van der Waals surface area contributed by atoms with Crippen LogP contribution in [0.1, 0.15) is 19.4 Å². The van der Waals surface area contributed by atoms with E-state index >= 15 is 0 Å². The van der Waals surface area contributed by atoms with Crippen LogP contribution in [0.25, 0.3) is 11.2 Å². The second-order valence-electron chi connectivity index (χ2n) is 6.85. The average molecular weight is 370 g/mol. The molecule has 0 atom stereocenters. The largest absolute Gasteiger partial charge is 0.497 e. The summed E-state index contributed by atoms with van der Waals surface area (Å²) < 4.78 is 9.99. The lowest BCUT2D eigenvalue weighted by Gasteiger charge is -2.03. The zero-order chi connectivity index (χ0) is 19.7. The number of Topliss-reactive ketones (excluding diaryl/α,β-unsaturated/α-hetero) is 1. The molecule has 0 aliphatic heterocycles. The standard InChI is InChI=1S/C19H23N5O3/c1-12(2)15(25)10-24-11-23(9-13-5-7-14(27-4)8-6-13)16-17(24)21-19(20)22(3)18(16)26/h5-8,11-12H,9-10H2,1-4H3,(H-,20,21,26)/p+1. The summed E-state index contributed by atoms with van der Waals surface area (Å²) in [6.45, 7) is 4.30. The summed E-state index contributed by atoms with van der Waals surface area (Å²) in [5.74, 6) is 0.824. The number of anilines is 1. The number of imidazole rings is 1. The third-order valence-corrected chi connectivity index (χ3v) is 4.60. The van der Waals surface area contributed by atoms with Crippen molar-refractivity contribution >= 4 is 22.9 Å². The Hall–Kier alpha value is -3.16. The molecule has 0 saturated heterocycles. The number of rotatable bonds is 6. The molecule has 2 N–H and O–H groups in total. The number of fused-ring (bicyclic) bond motifs is 1. The maximum absolute atomic E-state index is 12.8. The van der Waals surface area contributed by atoms with Gasteiger partial charge in [0.15, 0.2) is 12.1 Å². The minimum Gasteiger partial charge on any atom is -0.497 e. The molecule has 0 radical (unpaired) electrons. The minimum atomic E-state index is -0.248. The van der Waals surface area contributed by atoms with Crippen LogP contribution in [0.5, 0.6) is 5.75 Å². The Labute approximate surface area is 156 Å². The van der Waals surface area contributed by atoms with Gasteiger partial charge in [-0.25, -0.2) is 4.57 Å². The molecule has 3 rings (SSSR count). The molecule has 0 saturated carbocycles. The summed E-state index contributed by atoms with van der Waals surface area (Å²) in [6, 6.07) is 7.60. The van der Waals surface area contributed by atoms with Gasteiger partial charge in [-0.15, -0.1) is 0 Å². The van der Waals surface area contributed by atoms with E-state index in [9.17, 15) is 9.59 Å². The van der Waals surface area contributed by atoms with E-state index in [4.69, 9.17) is 10.5 Å². The molecular weight excluding hydrogens is 346 g/mol. The van der Waals surface area contributed by atoms with Gasteiger partial charge in [0, 0.05) is 13.0 Å². The zero-order valence-corrected chi connectivity index (χ0v) is 16.0. The van der Waals surface area contributed by atoms with Crippen molar-refractivity contribution < 1.29 is 14.1 Å². The van der Waals surface area contributed by atoms with Gasteiger partial charge in [-0.1, -0.05) is 31.0 Å². The molecule has 8 heteroatoms. The number of carbonyl (C=O) groups excluding carboxylic acids is 1. The van der Waals surface area contributed by atoms with Crippen molar-refractivity contribution in [1.82, 2.24) is 14.1 Å². The Morgan fingerprint density at radius 1 is 1.30 bits per heavy atom. The normalized spacial score (nSPS) is 11.3. The number of ether oxygens (including phenoxy) is 1. The molecule has 8 nitrogen and oxygen atoms in total. The Bertz CT molecular complexity index is 1050. The van der Waals surface area contributed by atoms with E-state index in [-0.39, 0.29) is 29.8 Å². The van der Waals surface area contributed by atoms with Gasteiger partial charge in [-0.05, 0) is 17.7 Å². The Balaban J connectivity index is 2.11. The van der Waals surface area contributed by atoms with Crippen molar-refractivity contribution in [1.29, 1.82) is 0 Å². The highest BCUT2D eigenvalue weighted by molar-refractivity contribution is 5.79. The summed E-state index contributed by atoms with van der Waals surface area (Å²) in [7, 11) is 3.20. The highest BCUT2D eigenvalue weighted by Gasteiger charge is 2.25. The quantitative estimate of drug-likeness (QED) is 0.650. The number of methoxy groups -OCH3 is 1. The maximum atomic E-state index is 12.8. The van der Waals surface area contributed by atoms with Gasteiger partial charge in [0.1, 0.15) is 12.3 Å². The Morgan fingerprint density at radius 2 is 1.96 bits per heavy atom. The number of hydrogen-bond donors (Lipinski definition) is 1. The molecule has 3 aromatic rings. The summed E-state index contributed by atoms with van der Waals surface area (Å²) >= 11 is 0. The lowest BCUT2D eigenvalue weighted by molar-refractivity contribution is -0.661. The molecule has 0 aliphatic carbocycles. The lowest BCUT2D eigenvalue weighted by atomic mass is 10.1. The topological polar surface area (TPSA) is 96.0 Å². The first-order valence-corrected chi connectivity index (χ1v) is 8.72. The smallest absolute Gasteiger partial charge is 0.312 e. The van der Waals surface area contributed by atoms with Gasteiger partial charge in [-0.3, -0.25) is 18.7 Å². The van der Waals surface area contributed by atoms with Crippen molar-refractivity contribution in [3.63, 3.8) is 0 Å². The van der Waals surface area contributed by atoms with E-state index in [0.29, 0.717) is 17.7 Å². The molecule has 142 valence electrons. The number of nitrogens with two attached hydrogens (primary N) is 1. The molecule has 27 heavy (non-hydrogen) atoms. The SMILES string of the molecule is COc1ccc(Cn2c[n+](CC(=O)C(C)C)c3nc(N)n(C)c(=O)c32)cc1. The fourth-order valence-electron chi connectivity index (χ4n) is 2.84. The van der Waals surface area contributed by atoms with Crippen molar-refractivity contribution in [2.45, 2.75) is 26.9 Å². The van der Waals surface area contributed by atoms with Crippen LogP contribution in [0.4, 0.5) is 5.95 Å². The van der Waals surface area contributed by atoms with Crippen molar-refractivity contribution in [2.75, 3.05) is 12.8 Å².